The van der Waals surface area contributed by atoms with Gasteiger partial charge in [-0.3, -0.25) is 10.4 Å². The number of para-hydroxylation sites is 1. The lowest BCUT2D eigenvalue weighted by atomic mass is 9.86. The number of nitrogens with two attached hydrogens (primary N) is 1. The topological polar surface area (TPSA) is 62.4 Å². The summed E-state index contributed by atoms with van der Waals surface area (Å²) in [5, 5.41) is 3.18. The fourth-order valence-corrected chi connectivity index (χ4v) is 2.17. The molecule has 0 aliphatic rings. The number of nitrogens with zero attached hydrogens (tertiary/aromatic N) is 1. The quantitative estimate of drug-likeness (QED) is 0.331. The van der Waals surface area contributed by atoms with Crippen molar-refractivity contribution >= 4 is 11.6 Å². The Hall–Kier alpha value is -1.55. The molecule has 0 aromatic heterocycles. The maximum Gasteiger partial charge on any atom is 0.210 e. The number of benzene rings is 1. The Morgan fingerprint density at radius 3 is 2.16 bits per heavy atom. The molecule has 1 aromatic carbocycles. The highest BCUT2D eigenvalue weighted by molar-refractivity contribution is 5.93. The van der Waals surface area contributed by atoms with Crippen molar-refractivity contribution in [2.45, 2.75) is 27.7 Å². The van der Waals surface area contributed by atoms with E-state index in [-0.39, 0.29) is 0 Å². The van der Waals surface area contributed by atoms with Gasteiger partial charge in [-0.2, -0.15) is 0 Å². The van der Waals surface area contributed by atoms with Crippen molar-refractivity contribution in [3.05, 3.63) is 30.3 Å². The van der Waals surface area contributed by atoms with Crippen LogP contribution in [0.15, 0.2) is 35.3 Å². The van der Waals surface area contributed by atoms with Gasteiger partial charge in [-0.05, 0) is 29.9 Å². The molecule has 0 aliphatic carbocycles. The molecule has 0 amide bonds. The van der Waals surface area contributed by atoms with Crippen LogP contribution in [0.5, 0.6) is 0 Å². The average molecular weight is 262 g/mol. The smallest absolute Gasteiger partial charge is 0.210 e. The summed E-state index contributed by atoms with van der Waals surface area (Å²) in [4.78, 5) is 4.55. The lowest BCUT2D eigenvalue weighted by Gasteiger charge is -2.23. The highest BCUT2D eigenvalue weighted by Gasteiger charge is 2.17. The van der Waals surface area contributed by atoms with Gasteiger partial charge in [0, 0.05) is 12.2 Å². The maximum atomic E-state index is 5.52. The molecule has 0 fully saturated rings. The minimum atomic E-state index is 0.556. The highest BCUT2D eigenvalue weighted by Crippen LogP contribution is 2.20. The van der Waals surface area contributed by atoms with Gasteiger partial charge < -0.3 is 5.32 Å². The molecule has 19 heavy (non-hydrogen) atoms. The zero-order valence-corrected chi connectivity index (χ0v) is 12.4. The van der Waals surface area contributed by atoms with Gasteiger partial charge in [-0.25, -0.2) is 5.84 Å². The predicted octanol–water partition coefficient (Wildman–Crippen LogP) is 2.85. The third-order valence-corrected chi connectivity index (χ3v) is 3.35. The van der Waals surface area contributed by atoms with Crippen LogP contribution in [0.1, 0.15) is 27.7 Å². The first-order valence-corrected chi connectivity index (χ1v) is 6.87. The van der Waals surface area contributed by atoms with Crippen LogP contribution in [0.2, 0.25) is 0 Å². The maximum absolute atomic E-state index is 5.52. The summed E-state index contributed by atoms with van der Waals surface area (Å²) in [7, 11) is 0. The van der Waals surface area contributed by atoms with Crippen LogP contribution in [0.3, 0.4) is 0 Å². The summed E-state index contributed by atoms with van der Waals surface area (Å²) in [6.07, 6.45) is 0. The van der Waals surface area contributed by atoms with Gasteiger partial charge in [0.1, 0.15) is 0 Å². The van der Waals surface area contributed by atoms with E-state index in [1.54, 1.807) is 0 Å². The Morgan fingerprint density at radius 1 is 1.11 bits per heavy atom. The Kier molecular flexibility index (Phi) is 6.36. The molecule has 0 spiro atoms. The van der Waals surface area contributed by atoms with Crippen molar-refractivity contribution in [1.29, 1.82) is 0 Å². The van der Waals surface area contributed by atoms with Gasteiger partial charge in [-0.15, -0.1) is 0 Å². The molecule has 0 heterocycles. The highest BCUT2D eigenvalue weighted by atomic mass is 15.3. The number of guanidine groups is 1. The molecule has 4 N–H and O–H groups in total. The second-order valence-electron chi connectivity index (χ2n) is 5.48. The van der Waals surface area contributed by atoms with Gasteiger partial charge in [0.15, 0.2) is 0 Å². The monoisotopic (exact) mass is 262 g/mol. The first-order chi connectivity index (χ1) is 9.04. The SMILES string of the molecule is CC(C)C(CN=C(NN)Nc1ccccc1)C(C)C. The molecule has 0 bridgehead atoms. The van der Waals surface area contributed by atoms with Gasteiger partial charge >= 0.3 is 0 Å². The molecule has 4 nitrogen and oxygen atoms in total. The standard InChI is InChI=1S/C15H26N4/c1-11(2)14(12(3)4)10-17-15(19-16)18-13-8-6-5-7-9-13/h5-9,11-12,14H,10,16H2,1-4H3,(H2,17,18,19). The van der Waals surface area contributed by atoms with Crippen LogP contribution in [-0.2, 0) is 0 Å². The fourth-order valence-electron chi connectivity index (χ4n) is 2.17. The van der Waals surface area contributed by atoms with Gasteiger partial charge in [-0.1, -0.05) is 45.9 Å². The van der Waals surface area contributed by atoms with Crippen LogP contribution in [0.4, 0.5) is 5.69 Å². The third kappa shape index (κ3) is 5.30. The number of hydrogen-bond acceptors (Lipinski definition) is 2. The molecule has 1 rings (SSSR count). The predicted molar refractivity (Wildman–Crippen MR) is 82.9 cm³/mol. The molecular weight excluding hydrogens is 236 g/mol. The number of hydrogen-bond donors (Lipinski definition) is 3. The fraction of sp³-hybridized carbons (Fsp3) is 0.533. The molecule has 106 valence electrons. The normalized spacial score (nSPS) is 12.3. The molecule has 4 heteroatoms. The summed E-state index contributed by atoms with van der Waals surface area (Å²) in [5.41, 5.74) is 3.60. The van der Waals surface area contributed by atoms with E-state index < -0.39 is 0 Å². The molecule has 0 aliphatic heterocycles. The first-order valence-electron chi connectivity index (χ1n) is 6.87. The van der Waals surface area contributed by atoms with E-state index in [4.69, 9.17) is 5.84 Å². The molecule has 0 atom stereocenters. The van der Waals surface area contributed by atoms with Crippen molar-refractivity contribution in [3.8, 4) is 0 Å². The molecule has 0 saturated heterocycles. The second-order valence-corrected chi connectivity index (χ2v) is 5.48. The lowest BCUT2D eigenvalue weighted by molar-refractivity contribution is 0.297. The zero-order chi connectivity index (χ0) is 14.3. The molecular formula is C15H26N4. The number of anilines is 1. The summed E-state index contributed by atoms with van der Waals surface area (Å²) in [6.45, 7) is 9.72. The summed E-state index contributed by atoms with van der Waals surface area (Å²) in [6, 6.07) is 9.89. The van der Waals surface area contributed by atoms with E-state index in [1.807, 2.05) is 30.3 Å². The zero-order valence-electron chi connectivity index (χ0n) is 12.4. The van der Waals surface area contributed by atoms with Crippen LogP contribution in [0, 0.1) is 17.8 Å². The molecule has 0 saturated carbocycles. The number of rotatable bonds is 5. The first kappa shape index (κ1) is 15.5. The van der Waals surface area contributed by atoms with E-state index in [0.29, 0.717) is 23.7 Å². The second kappa shape index (κ2) is 7.79. The largest absolute Gasteiger partial charge is 0.325 e. The van der Waals surface area contributed by atoms with Crippen molar-refractivity contribution < 1.29 is 0 Å². The van der Waals surface area contributed by atoms with Crippen LogP contribution < -0.4 is 16.6 Å². The lowest BCUT2D eigenvalue weighted by Crippen LogP contribution is -2.37. The molecule has 0 unspecified atom stereocenters. The number of aliphatic imine (C=N–C) groups is 1. The van der Waals surface area contributed by atoms with Crippen LogP contribution >= 0.6 is 0 Å². The van der Waals surface area contributed by atoms with Crippen LogP contribution in [-0.4, -0.2) is 12.5 Å². The van der Waals surface area contributed by atoms with Crippen molar-refractivity contribution in [1.82, 2.24) is 5.43 Å². The summed E-state index contributed by atoms with van der Waals surface area (Å²) >= 11 is 0. The Morgan fingerprint density at radius 2 is 1.68 bits per heavy atom. The third-order valence-electron chi connectivity index (χ3n) is 3.35. The van der Waals surface area contributed by atoms with E-state index in [9.17, 15) is 0 Å². The van der Waals surface area contributed by atoms with Crippen molar-refractivity contribution in [2.75, 3.05) is 11.9 Å². The summed E-state index contributed by atoms with van der Waals surface area (Å²) < 4.78 is 0. The summed E-state index contributed by atoms with van der Waals surface area (Å²) in [5.74, 6) is 7.90. The van der Waals surface area contributed by atoms with E-state index in [0.717, 1.165) is 12.2 Å². The Bertz CT molecular complexity index is 376. The molecule has 0 radical (unpaired) electrons. The Labute approximate surface area is 116 Å². The Balaban J connectivity index is 2.66. The number of hydrazine groups is 1. The van der Waals surface area contributed by atoms with Gasteiger partial charge in [0.2, 0.25) is 5.96 Å². The van der Waals surface area contributed by atoms with Gasteiger partial charge in [0.25, 0.3) is 0 Å². The minimum Gasteiger partial charge on any atom is -0.325 e. The van der Waals surface area contributed by atoms with E-state index in [1.165, 1.54) is 0 Å². The minimum absolute atomic E-state index is 0.556. The van der Waals surface area contributed by atoms with Gasteiger partial charge in [0.05, 0.1) is 0 Å². The molecule has 1 aromatic rings. The van der Waals surface area contributed by atoms with E-state index >= 15 is 0 Å². The van der Waals surface area contributed by atoms with Crippen molar-refractivity contribution in [3.63, 3.8) is 0 Å². The number of nitrogens with one attached hydrogen (secondary N) is 2. The average Bonchev–Trinajstić information content (AvgIpc) is 2.38. The van der Waals surface area contributed by atoms with Crippen molar-refractivity contribution in [2.24, 2.45) is 28.6 Å². The van der Waals surface area contributed by atoms with Crippen LogP contribution in [0.25, 0.3) is 0 Å². The van der Waals surface area contributed by atoms with E-state index in [2.05, 4.69) is 43.4 Å².